The minimum atomic E-state index is -0.568. The lowest BCUT2D eigenvalue weighted by Gasteiger charge is -2.12. The van der Waals surface area contributed by atoms with Gasteiger partial charge in [0.05, 0.1) is 7.11 Å². The van der Waals surface area contributed by atoms with Crippen LogP contribution in [-0.4, -0.2) is 38.4 Å². The van der Waals surface area contributed by atoms with E-state index in [-0.39, 0.29) is 13.2 Å². The van der Waals surface area contributed by atoms with Gasteiger partial charge < -0.3 is 14.2 Å². The van der Waals surface area contributed by atoms with Crippen molar-refractivity contribution in [3.8, 4) is 17.2 Å². The lowest BCUT2D eigenvalue weighted by Crippen LogP contribution is -2.45. The van der Waals surface area contributed by atoms with Gasteiger partial charge in [0.15, 0.2) is 24.7 Å². The Kier molecular flexibility index (Phi) is 7.38. The maximum Gasteiger partial charge on any atom is 0.276 e. The number of aryl methyl sites for hydroxylation is 2. The molecular formula is C20H22N2O6. The number of ether oxygens (including phenoxy) is 3. The van der Waals surface area contributed by atoms with Crippen LogP contribution in [0.3, 0.4) is 0 Å². The highest BCUT2D eigenvalue weighted by Gasteiger charge is 2.10. The second kappa shape index (κ2) is 9.96. The van der Waals surface area contributed by atoms with Crippen LogP contribution in [0.2, 0.25) is 0 Å². The van der Waals surface area contributed by atoms with E-state index in [2.05, 4.69) is 10.9 Å². The first-order valence-corrected chi connectivity index (χ1v) is 8.46. The topological polar surface area (TPSA) is 103 Å². The van der Waals surface area contributed by atoms with Gasteiger partial charge in [0, 0.05) is 5.56 Å². The van der Waals surface area contributed by atoms with E-state index in [1.165, 1.54) is 25.3 Å². The highest BCUT2D eigenvalue weighted by atomic mass is 16.5. The van der Waals surface area contributed by atoms with Gasteiger partial charge in [-0.25, -0.2) is 0 Å². The maximum atomic E-state index is 11.8. The van der Waals surface area contributed by atoms with Crippen LogP contribution in [0.5, 0.6) is 17.2 Å². The molecule has 2 aromatic rings. The van der Waals surface area contributed by atoms with Crippen molar-refractivity contribution in [1.29, 1.82) is 0 Å². The molecule has 8 heteroatoms. The SMILES string of the molecule is COc1cc(C=O)ccc1OCC(=O)NNC(=O)COc1cc(C)cc(C)c1. The average molecular weight is 386 g/mol. The molecule has 0 aliphatic heterocycles. The molecule has 0 aliphatic carbocycles. The first kappa shape index (κ1) is 20.8. The van der Waals surface area contributed by atoms with Gasteiger partial charge in [0.1, 0.15) is 12.0 Å². The molecule has 0 radical (unpaired) electrons. The second-order valence-corrected chi connectivity index (χ2v) is 6.03. The third-order valence-corrected chi connectivity index (χ3v) is 3.59. The molecule has 0 spiro atoms. The number of hydrazine groups is 1. The second-order valence-electron chi connectivity index (χ2n) is 6.03. The third-order valence-electron chi connectivity index (χ3n) is 3.59. The van der Waals surface area contributed by atoms with E-state index < -0.39 is 11.8 Å². The Bertz CT molecular complexity index is 846. The standard InChI is InChI=1S/C20H22N2O6/c1-13-6-14(2)8-16(7-13)27-11-19(24)21-22-20(25)12-28-17-5-4-15(10-23)9-18(17)26-3/h4-10H,11-12H2,1-3H3,(H,21,24)(H,22,25). The van der Waals surface area contributed by atoms with Crippen molar-refractivity contribution in [2.75, 3.05) is 20.3 Å². The number of methoxy groups -OCH3 is 1. The molecule has 0 bridgehead atoms. The number of hydrogen-bond acceptors (Lipinski definition) is 6. The predicted molar refractivity (Wildman–Crippen MR) is 102 cm³/mol. The molecule has 0 saturated carbocycles. The number of benzene rings is 2. The smallest absolute Gasteiger partial charge is 0.276 e. The van der Waals surface area contributed by atoms with Crippen LogP contribution >= 0.6 is 0 Å². The first-order chi connectivity index (χ1) is 13.4. The van der Waals surface area contributed by atoms with Gasteiger partial charge in [-0.2, -0.15) is 0 Å². The van der Waals surface area contributed by atoms with E-state index in [1.807, 2.05) is 32.0 Å². The number of amides is 2. The Morgan fingerprint density at radius 2 is 1.50 bits per heavy atom. The molecule has 28 heavy (non-hydrogen) atoms. The molecule has 0 saturated heterocycles. The first-order valence-electron chi connectivity index (χ1n) is 8.46. The summed E-state index contributed by atoms with van der Waals surface area (Å²) in [5.74, 6) is 0.117. The number of rotatable bonds is 8. The molecular weight excluding hydrogens is 364 g/mol. The summed E-state index contributed by atoms with van der Waals surface area (Å²) in [6.45, 7) is 3.27. The summed E-state index contributed by atoms with van der Waals surface area (Å²) < 4.78 is 15.9. The Labute approximate surface area is 162 Å². The van der Waals surface area contributed by atoms with Gasteiger partial charge in [0.2, 0.25) is 0 Å². The minimum Gasteiger partial charge on any atom is -0.493 e. The van der Waals surface area contributed by atoms with Crippen LogP contribution in [-0.2, 0) is 9.59 Å². The molecule has 0 unspecified atom stereocenters. The van der Waals surface area contributed by atoms with Crippen molar-refractivity contribution in [3.63, 3.8) is 0 Å². The van der Waals surface area contributed by atoms with Gasteiger partial charge in [-0.1, -0.05) is 6.07 Å². The van der Waals surface area contributed by atoms with Crippen LogP contribution in [0.25, 0.3) is 0 Å². The molecule has 0 aliphatic rings. The third kappa shape index (κ3) is 6.31. The zero-order valence-electron chi connectivity index (χ0n) is 15.9. The number of carbonyl (C=O) groups is 3. The summed E-state index contributed by atoms with van der Waals surface area (Å²) in [5.41, 5.74) is 6.95. The molecule has 2 N–H and O–H groups in total. The lowest BCUT2D eigenvalue weighted by atomic mass is 10.1. The molecule has 8 nitrogen and oxygen atoms in total. The molecule has 0 aromatic heterocycles. The van der Waals surface area contributed by atoms with Gasteiger partial charge in [-0.05, 0) is 55.3 Å². The monoisotopic (exact) mass is 386 g/mol. The minimum absolute atomic E-state index is 0.245. The van der Waals surface area contributed by atoms with E-state index in [0.29, 0.717) is 29.1 Å². The maximum absolute atomic E-state index is 11.8. The van der Waals surface area contributed by atoms with E-state index >= 15 is 0 Å². The van der Waals surface area contributed by atoms with Crippen LogP contribution in [0, 0.1) is 13.8 Å². The fraction of sp³-hybridized carbons (Fsp3) is 0.250. The molecule has 2 aromatic carbocycles. The van der Waals surface area contributed by atoms with E-state index in [9.17, 15) is 14.4 Å². The van der Waals surface area contributed by atoms with Crippen molar-refractivity contribution in [2.24, 2.45) is 0 Å². The molecule has 2 rings (SSSR count). The zero-order valence-corrected chi connectivity index (χ0v) is 15.9. The summed E-state index contributed by atoms with van der Waals surface area (Å²) in [5, 5.41) is 0. The summed E-state index contributed by atoms with van der Waals surface area (Å²) in [7, 11) is 1.42. The van der Waals surface area contributed by atoms with Gasteiger partial charge >= 0.3 is 0 Å². The highest BCUT2D eigenvalue weighted by molar-refractivity contribution is 5.83. The summed E-state index contributed by atoms with van der Waals surface area (Å²) >= 11 is 0. The largest absolute Gasteiger partial charge is 0.493 e. The van der Waals surface area contributed by atoms with Crippen molar-refractivity contribution in [2.45, 2.75) is 13.8 Å². The summed E-state index contributed by atoms with van der Waals surface area (Å²) in [4.78, 5) is 34.4. The molecule has 0 heterocycles. The van der Waals surface area contributed by atoms with E-state index in [4.69, 9.17) is 14.2 Å². The van der Waals surface area contributed by atoms with E-state index in [1.54, 1.807) is 0 Å². The zero-order chi connectivity index (χ0) is 20.5. The number of aldehydes is 1. The normalized spacial score (nSPS) is 9.96. The molecule has 2 amide bonds. The number of carbonyl (C=O) groups excluding carboxylic acids is 3. The predicted octanol–water partition coefficient (Wildman–Crippen LogP) is 1.73. The molecule has 0 fully saturated rings. The Hall–Kier alpha value is -3.55. The van der Waals surface area contributed by atoms with Crippen molar-refractivity contribution >= 4 is 18.1 Å². The summed E-state index contributed by atoms with van der Waals surface area (Å²) in [6, 6.07) is 10.2. The quantitative estimate of drug-likeness (QED) is 0.529. The number of nitrogens with one attached hydrogen (secondary N) is 2. The van der Waals surface area contributed by atoms with Crippen molar-refractivity contribution in [1.82, 2.24) is 10.9 Å². The number of hydrogen-bond donors (Lipinski definition) is 2. The Morgan fingerprint density at radius 3 is 2.07 bits per heavy atom. The Balaban J connectivity index is 1.76. The van der Waals surface area contributed by atoms with Crippen molar-refractivity contribution < 1.29 is 28.6 Å². The fourth-order valence-corrected chi connectivity index (χ4v) is 2.40. The van der Waals surface area contributed by atoms with Crippen molar-refractivity contribution in [3.05, 3.63) is 53.1 Å². The van der Waals surface area contributed by atoms with Crippen LogP contribution in [0.15, 0.2) is 36.4 Å². The van der Waals surface area contributed by atoms with Crippen LogP contribution < -0.4 is 25.1 Å². The molecule has 0 atom stereocenters. The molecule has 148 valence electrons. The van der Waals surface area contributed by atoms with Crippen LogP contribution in [0.1, 0.15) is 21.5 Å². The Morgan fingerprint density at radius 1 is 0.893 bits per heavy atom. The van der Waals surface area contributed by atoms with E-state index in [0.717, 1.165) is 11.1 Å². The average Bonchev–Trinajstić information content (AvgIpc) is 2.68. The van der Waals surface area contributed by atoms with Gasteiger partial charge in [0.25, 0.3) is 11.8 Å². The fourth-order valence-electron chi connectivity index (χ4n) is 2.40. The van der Waals surface area contributed by atoms with Crippen LogP contribution in [0.4, 0.5) is 0 Å². The van der Waals surface area contributed by atoms with Gasteiger partial charge in [-0.3, -0.25) is 25.2 Å². The highest BCUT2D eigenvalue weighted by Crippen LogP contribution is 2.27. The van der Waals surface area contributed by atoms with Gasteiger partial charge in [-0.15, -0.1) is 0 Å². The lowest BCUT2D eigenvalue weighted by molar-refractivity contribution is -0.131. The summed E-state index contributed by atoms with van der Waals surface area (Å²) in [6.07, 6.45) is 0.675.